The summed E-state index contributed by atoms with van der Waals surface area (Å²) in [5, 5.41) is 3.17. The van der Waals surface area contributed by atoms with E-state index in [-0.39, 0.29) is 11.9 Å². The number of carbonyl (C=O) groups excluding carboxylic acids is 1. The SMILES string of the molecule is CCCCN1CCC(NC(=O)c2cc(OC)c(OC)cc2I)CC1. The lowest BCUT2D eigenvalue weighted by Crippen LogP contribution is -2.45. The molecule has 0 aliphatic carbocycles. The Kier molecular flexibility index (Phi) is 7.61. The lowest BCUT2D eigenvalue weighted by atomic mass is 10.0. The molecule has 0 atom stereocenters. The molecule has 6 heteroatoms. The highest BCUT2D eigenvalue weighted by Gasteiger charge is 2.22. The number of amides is 1. The van der Waals surface area contributed by atoms with Gasteiger partial charge in [0.1, 0.15) is 0 Å². The van der Waals surface area contributed by atoms with Gasteiger partial charge in [0.25, 0.3) is 5.91 Å². The zero-order valence-electron chi connectivity index (χ0n) is 14.7. The van der Waals surface area contributed by atoms with Crippen LogP contribution >= 0.6 is 22.6 Å². The Hall–Kier alpha value is -1.02. The Morgan fingerprint density at radius 2 is 1.88 bits per heavy atom. The quantitative estimate of drug-likeness (QED) is 0.654. The Bertz CT molecular complexity index is 557. The second-order valence-corrected chi connectivity index (χ2v) is 7.29. The molecule has 1 aromatic carbocycles. The third-order valence-electron chi connectivity index (χ3n) is 4.47. The summed E-state index contributed by atoms with van der Waals surface area (Å²) >= 11 is 2.17. The maximum Gasteiger partial charge on any atom is 0.252 e. The molecular formula is C18H27IN2O3. The van der Waals surface area contributed by atoms with Gasteiger partial charge in [-0.15, -0.1) is 0 Å². The van der Waals surface area contributed by atoms with Gasteiger partial charge in [0.15, 0.2) is 11.5 Å². The van der Waals surface area contributed by atoms with E-state index in [1.54, 1.807) is 20.3 Å². The first-order chi connectivity index (χ1) is 11.6. The lowest BCUT2D eigenvalue weighted by molar-refractivity contribution is 0.0909. The summed E-state index contributed by atoms with van der Waals surface area (Å²) in [6.07, 6.45) is 4.51. The summed E-state index contributed by atoms with van der Waals surface area (Å²) in [5.41, 5.74) is 0.640. The number of nitrogens with one attached hydrogen (secondary N) is 1. The van der Waals surface area contributed by atoms with E-state index in [2.05, 4.69) is 39.7 Å². The number of carbonyl (C=O) groups is 1. The Balaban J connectivity index is 1.96. The number of likely N-dealkylation sites (tertiary alicyclic amines) is 1. The molecule has 2 rings (SSSR count). The maximum atomic E-state index is 12.6. The summed E-state index contributed by atoms with van der Waals surface area (Å²) in [6.45, 7) is 5.52. The van der Waals surface area contributed by atoms with Crippen molar-refractivity contribution < 1.29 is 14.3 Å². The van der Waals surface area contributed by atoms with Crippen molar-refractivity contribution >= 4 is 28.5 Å². The van der Waals surface area contributed by atoms with Crippen molar-refractivity contribution in [2.45, 2.75) is 38.6 Å². The summed E-state index contributed by atoms with van der Waals surface area (Å²) < 4.78 is 11.5. The number of benzene rings is 1. The van der Waals surface area contributed by atoms with Gasteiger partial charge in [-0.25, -0.2) is 0 Å². The molecule has 1 amide bonds. The van der Waals surface area contributed by atoms with Crippen LogP contribution in [0.2, 0.25) is 0 Å². The van der Waals surface area contributed by atoms with E-state index in [1.165, 1.54) is 19.4 Å². The van der Waals surface area contributed by atoms with Crippen LogP contribution in [0.15, 0.2) is 12.1 Å². The number of ether oxygens (including phenoxy) is 2. The second-order valence-electron chi connectivity index (χ2n) is 6.13. The first kappa shape index (κ1) is 19.3. The highest BCUT2D eigenvalue weighted by Crippen LogP contribution is 2.31. The Morgan fingerprint density at radius 1 is 1.25 bits per heavy atom. The van der Waals surface area contributed by atoms with Crippen molar-refractivity contribution in [2.75, 3.05) is 33.9 Å². The molecule has 134 valence electrons. The Labute approximate surface area is 158 Å². The van der Waals surface area contributed by atoms with E-state index in [0.717, 1.165) is 29.5 Å². The van der Waals surface area contributed by atoms with Gasteiger partial charge in [-0.1, -0.05) is 13.3 Å². The molecule has 1 fully saturated rings. The van der Waals surface area contributed by atoms with Crippen LogP contribution in [0.4, 0.5) is 0 Å². The van der Waals surface area contributed by atoms with Crippen LogP contribution in [0.1, 0.15) is 43.0 Å². The predicted molar refractivity (Wildman–Crippen MR) is 104 cm³/mol. The summed E-state index contributed by atoms with van der Waals surface area (Å²) in [6, 6.07) is 3.84. The van der Waals surface area contributed by atoms with Gasteiger partial charge in [0.05, 0.1) is 19.8 Å². The van der Waals surface area contributed by atoms with E-state index >= 15 is 0 Å². The van der Waals surface area contributed by atoms with E-state index < -0.39 is 0 Å². The summed E-state index contributed by atoms with van der Waals surface area (Å²) in [4.78, 5) is 15.1. The standard InChI is InChI=1S/C18H27IN2O3/c1-4-5-8-21-9-6-13(7-10-21)20-18(22)14-11-16(23-2)17(24-3)12-15(14)19/h11-13H,4-10H2,1-3H3,(H,20,22). The van der Waals surface area contributed by atoms with E-state index in [4.69, 9.17) is 9.47 Å². The number of hydrogen-bond acceptors (Lipinski definition) is 4. The molecule has 1 N–H and O–H groups in total. The van der Waals surface area contributed by atoms with Crippen LogP contribution in [-0.4, -0.2) is 50.7 Å². The van der Waals surface area contributed by atoms with Crippen LogP contribution in [-0.2, 0) is 0 Å². The second kappa shape index (κ2) is 9.46. The molecule has 1 aliphatic heterocycles. The fourth-order valence-electron chi connectivity index (χ4n) is 2.97. The van der Waals surface area contributed by atoms with Crippen molar-refractivity contribution in [3.63, 3.8) is 0 Å². The highest BCUT2D eigenvalue weighted by molar-refractivity contribution is 14.1. The smallest absolute Gasteiger partial charge is 0.252 e. The van der Waals surface area contributed by atoms with Gasteiger partial charge >= 0.3 is 0 Å². The fourth-order valence-corrected chi connectivity index (χ4v) is 3.66. The molecule has 0 radical (unpaired) electrons. The number of piperidine rings is 1. The largest absolute Gasteiger partial charge is 0.493 e. The van der Waals surface area contributed by atoms with Crippen LogP contribution in [0.25, 0.3) is 0 Å². The maximum absolute atomic E-state index is 12.6. The Morgan fingerprint density at radius 3 is 2.46 bits per heavy atom. The fraction of sp³-hybridized carbons (Fsp3) is 0.611. The number of nitrogens with zero attached hydrogens (tertiary/aromatic N) is 1. The first-order valence-electron chi connectivity index (χ1n) is 8.53. The number of halogens is 1. The molecule has 1 aliphatic rings. The zero-order chi connectivity index (χ0) is 17.5. The number of unbranched alkanes of at least 4 members (excludes halogenated alkanes) is 1. The van der Waals surface area contributed by atoms with Crippen LogP contribution in [0.5, 0.6) is 11.5 Å². The monoisotopic (exact) mass is 446 g/mol. The number of methoxy groups -OCH3 is 2. The first-order valence-corrected chi connectivity index (χ1v) is 9.61. The van der Waals surface area contributed by atoms with Crippen LogP contribution in [0, 0.1) is 3.57 Å². The lowest BCUT2D eigenvalue weighted by Gasteiger charge is -2.32. The molecule has 5 nitrogen and oxygen atoms in total. The molecule has 1 aromatic rings. The molecular weight excluding hydrogens is 419 g/mol. The minimum absolute atomic E-state index is 0.0349. The molecule has 0 spiro atoms. The van der Waals surface area contributed by atoms with E-state index in [0.29, 0.717) is 17.1 Å². The summed E-state index contributed by atoms with van der Waals surface area (Å²) in [7, 11) is 3.18. The van der Waals surface area contributed by atoms with Crippen molar-refractivity contribution in [1.82, 2.24) is 10.2 Å². The molecule has 1 saturated heterocycles. The zero-order valence-corrected chi connectivity index (χ0v) is 16.9. The topological polar surface area (TPSA) is 50.8 Å². The van der Waals surface area contributed by atoms with Gasteiger partial charge in [0.2, 0.25) is 0 Å². The van der Waals surface area contributed by atoms with E-state index in [1.807, 2.05) is 6.07 Å². The van der Waals surface area contributed by atoms with Crippen molar-refractivity contribution in [3.05, 3.63) is 21.3 Å². The molecule has 0 bridgehead atoms. The number of rotatable bonds is 7. The minimum Gasteiger partial charge on any atom is -0.493 e. The van der Waals surface area contributed by atoms with Gasteiger partial charge in [-0.3, -0.25) is 4.79 Å². The van der Waals surface area contributed by atoms with E-state index in [9.17, 15) is 4.79 Å². The van der Waals surface area contributed by atoms with Crippen LogP contribution in [0.3, 0.4) is 0 Å². The average Bonchev–Trinajstić information content (AvgIpc) is 2.60. The van der Waals surface area contributed by atoms with Crippen molar-refractivity contribution in [3.8, 4) is 11.5 Å². The molecule has 0 aromatic heterocycles. The average molecular weight is 446 g/mol. The molecule has 0 saturated carbocycles. The number of hydrogen-bond donors (Lipinski definition) is 1. The normalized spacial score (nSPS) is 16.0. The highest BCUT2D eigenvalue weighted by atomic mass is 127. The van der Waals surface area contributed by atoms with Gasteiger partial charge in [0, 0.05) is 22.7 Å². The van der Waals surface area contributed by atoms with Gasteiger partial charge in [-0.2, -0.15) is 0 Å². The third-order valence-corrected chi connectivity index (χ3v) is 5.36. The van der Waals surface area contributed by atoms with Gasteiger partial charge in [-0.05, 0) is 60.5 Å². The van der Waals surface area contributed by atoms with Gasteiger partial charge < -0.3 is 19.7 Å². The van der Waals surface area contributed by atoms with Crippen LogP contribution < -0.4 is 14.8 Å². The van der Waals surface area contributed by atoms with Crippen molar-refractivity contribution in [2.24, 2.45) is 0 Å². The minimum atomic E-state index is -0.0349. The summed E-state index contributed by atoms with van der Waals surface area (Å²) in [5.74, 6) is 1.19. The van der Waals surface area contributed by atoms with Crippen molar-refractivity contribution in [1.29, 1.82) is 0 Å². The predicted octanol–water partition coefficient (Wildman–Crippen LogP) is 3.30. The molecule has 0 unspecified atom stereocenters. The molecule has 1 heterocycles. The molecule has 24 heavy (non-hydrogen) atoms. The third kappa shape index (κ3) is 4.99.